The molecule has 2 amide bonds. The molecular formula is C24H21Cl2F3N2O3. The molecule has 1 saturated heterocycles. The van der Waals surface area contributed by atoms with Gasteiger partial charge >= 0.3 is 12.4 Å². The molecule has 1 heterocycles. The van der Waals surface area contributed by atoms with E-state index in [2.05, 4.69) is 4.74 Å². The summed E-state index contributed by atoms with van der Waals surface area (Å²) >= 11 is 12.3. The van der Waals surface area contributed by atoms with Gasteiger partial charge in [0.25, 0.3) is 0 Å². The number of rotatable bonds is 4. The van der Waals surface area contributed by atoms with Gasteiger partial charge in [0.15, 0.2) is 5.72 Å². The number of anilines is 2. The minimum Gasteiger partial charge on any atom is -0.410 e. The monoisotopic (exact) mass is 512 g/mol. The Kier molecular flexibility index (Phi) is 6.12. The summed E-state index contributed by atoms with van der Waals surface area (Å²) in [4.78, 5) is 16.4. The minimum absolute atomic E-state index is 0.00262. The van der Waals surface area contributed by atoms with E-state index >= 15 is 0 Å². The van der Waals surface area contributed by atoms with Crippen molar-refractivity contribution in [1.82, 2.24) is 0 Å². The number of hydrogen-bond acceptors (Lipinski definition) is 3. The van der Waals surface area contributed by atoms with Crippen molar-refractivity contribution in [1.29, 1.82) is 0 Å². The highest BCUT2D eigenvalue weighted by Crippen LogP contribution is 2.50. The Morgan fingerprint density at radius 1 is 1.00 bits per heavy atom. The molecule has 0 spiro atoms. The third kappa shape index (κ3) is 4.15. The maximum absolute atomic E-state index is 13.9. The van der Waals surface area contributed by atoms with Crippen LogP contribution in [0.2, 0.25) is 10.0 Å². The number of alkyl halides is 3. The molecule has 0 radical (unpaired) electrons. The second-order valence-electron chi connectivity index (χ2n) is 8.50. The molecule has 1 atom stereocenters. The summed E-state index contributed by atoms with van der Waals surface area (Å²) in [5, 5.41) is 13.0. The molecule has 1 unspecified atom stereocenters. The van der Waals surface area contributed by atoms with Crippen molar-refractivity contribution in [3.05, 3.63) is 82.1 Å². The lowest BCUT2D eigenvalue weighted by molar-refractivity contribution is -0.306. The molecule has 0 saturated carbocycles. The maximum Gasteiger partial charge on any atom is 0.572 e. The van der Waals surface area contributed by atoms with E-state index < -0.39 is 23.7 Å². The number of allylic oxidation sites excluding steroid dienone is 2. The van der Waals surface area contributed by atoms with Gasteiger partial charge in [0.05, 0.1) is 11.2 Å². The Hall–Kier alpha value is -2.68. The van der Waals surface area contributed by atoms with Crippen LogP contribution in [0.3, 0.4) is 0 Å². The number of carbonyl (C=O) groups is 1. The lowest BCUT2D eigenvalue weighted by atomic mass is 9.81. The lowest BCUT2D eigenvalue weighted by Crippen LogP contribution is -2.60. The Morgan fingerprint density at radius 2 is 1.56 bits per heavy atom. The van der Waals surface area contributed by atoms with Crippen molar-refractivity contribution in [2.45, 2.75) is 44.3 Å². The van der Waals surface area contributed by atoms with Gasteiger partial charge in [-0.3, -0.25) is 9.80 Å². The first-order chi connectivity index (χ1) is 15.8. The molecule has 10 heteroatoms. The highest BCUT2D eigenvalue weighted by molar-refractivity contribution is 6.31. The fourth-order valence-electron chi connectivity index (χ4n) is 4.50. The SMILES string of the molecule is CC1(C)N(c2cccc(Cl)c2)C(=O)N(c2cccc(Cl)c2)C1(O)C1=CCCC(OC(F)(F)F)=C1. The van der Waals surface area contributed by atoms with Crippen LogP contribution in [0.4, 0.5) is 29.3 Å². The molecule has 1 fully saturated rings. The van der Waals surface area contributed by atoms with E-state index in [0.717, 1.165) is 11.0 Å². The third-order valence-corrected chi connectivity index (χ3v) is 6.44. The molecule has 2 aromatic carbocycles. The van der Waals surface area contributed by atoms with Crippen molar-refractivity contribution < 1.29 is 27.8 Å². The predicted molar refractivity (Wildman–Crippen MR) is 125 cm³/mol. The van der Waals surface area contributed by atoms with Crippen LogP contribution in [0.25, 0.3) is 0 Å². The Morgan fingerprint density at radius 3 is 2.09 bits per heavy atom. The summed E-state index contributed by atoms with van der Waals surface area (Å²) in [6.45, 7) is 3.26. The first kappa shape index (κ1) is 24.4. The molecule has 0 bridgehead atoms. The number of aliphatic hydroxyl groups is 1. The number of amides is 2. The molecule has 0 aromatic heterocycles. The number of urea groups is 1. The van der Waals surface area contributed by atoms with Crippen molar-refractivity contribution in [2.75, 3.05) is 9.80 Å². The highest BCUT2D eigenvalue weighted by atomic mass is 35.5. The topological polar surface area (TPSA) is 53.0 Å². The summed E-state index contributed by atoms with van der Waals surface area (Å²) < 4.78 is 42.9. The van der Waals surface area contributed by atoms with Crippen molar-refractivity contribution in [2.24, 2.45) is 0 Å². The number of carbonyl (C=O) groups excluding carboxylic acids is 1. The molecule has 5 nitrogen and oxygen atoms in total. The van der Waals surface area contributed by atoms with E-state index in [1.165, 1.54) is 11.0 Å². The first-order valence-electron chi connectivity index (χ1n) is 10.4. The minimum atomic E-state index is -4.88. The van der Waals surface area contributed by atoms with Gasteiger partial charge in [0.2, 0.25) is 0 Å². The Balaban J connectivity index is 1.91. The van der Waals surface area contributed by atoms with Crippen molar-refractivity contribution in [3.8, 4) is 0 Å². The maximum atomic E-state index is 13.9. The zero-order chi connectivity index (χ0) is 24.9. The predicted octanol–water partition coefficient (Wildman–Crippen LogP) is 7.05. The van der Waals surface area contributed by atoms with Crippen molar-refractivity contribution >= 4 is 40.6 Å². The quantitative estimate of drug-likeness (QED) is 0.477. The second kappa shape index (κ2) is 8.52. The summed E-state index contributed by atoms with van der Waals surface area (Å²) in [5.74, 6) is -0.353. The van der Waals surface area contributed by atoms with E-state index in [4.69, 9.17) is 23.2 Å². The molecule has 1 N–H and O–H groups in total. The summed E-state index contributed by atoms with van der Waals surface area (Å²) in [6, 6.07) is 12.3. The summed E-state index contributed by atoms with van der Waals surface area (Å²) in [6.07, 6.45) is -1.94. The van der Waals surface area contributed by atoms with Gasteiger partial charge in [-0.1, -0.05) is 41.4 Å². The molecule has 2 aromatic rings. The third-order valence-electron chi connectivity index (χ3n) is 5.97. The van der Waals surface area contributed by atoms with Gasteiger partial charge in [-0.25, -0.2) is 4.79 Å². The van der Waals surface area contributed by atoms with Gasteiger partial charge < -0.3 is 9.84 Å². The lowest BCUT2D eigenvalue weighted by Gasteiger charge is -2.44. The number of benzene rings is 2. The van der Waals surface area contributed by atoms with E-state index in [1.807, 2.05) is 0 Å². The van der Waals surface area contributed by atoms with E-state index in [0.29, 0.717) is 15.7 Å². The first-order valence-corrected chi connectivity index (χ1v) is 11.1. The fourth-order valence-corrected chi connectivity index (χ4v) is 4.87. The summed E-state index contributed by atoms with van der Waals surface area (Å²) in [7, 11) is 0. The smallest absolute Gasteiger partial charge is 0.410 e. The van der Waals surface area contributed by atoms with Crippen LogP contribution < -0.4 is 9.80 Å². The standard InChI is InChI=1S/C24H21Cl2F3N2O3/c1-22(2)23(33,15-6-3-11-20(12-15)34-24(27,28)29)31(19-10-5-8-17(26)14-19)21(32)30(22)18-9-4-7-16(25)13-18/h4-10,12-14,33H,3,11H2,1-2H3. The average Bonchev–Trinajstić information content (AvgIpc) is 2.89. The van der Waals surface area contributed by atoms with E-state index in [9.17, 15) is 23.1 Å². The van der Waals surface area contributed by atoms with Crippen LogP contribution in [-0.2, 0) is 4.74 Å². The normalized spacial score (nSPS) is 22.5. The van der Waals surface area contributed by atoms with E-state index in [-0.39, 0.29) is 29.9 Å². The van der Waals surface area contributed by atoms with Gasteiger partial charge in [0.1, 0.15) is 5.76 Å². The Bertz CT molecular complexity index is 1200. The van der Waals surface area contributed by atoms with Crippen LogP contribution in [0.15, 0.2) is 72.0 Å². The van der Waals surface area contributed by atoms with Gasteiger partial charge in [-0.05, 0) is 62.7 Å². The molecule has 4 rings (SSSR count). The largest absolute Gasteiger partial charge is 0.572 e. The highest BCUT2D eigenvalue weighted by Gasteiger charge is 2.64. The van der Waals surface area contributed by atoms with Crippen LogP contribution >= 0.6 is 23.2 Å². The van der Waals surface area contributed by atoms with Crippen LogP contribution in [-0.4, -0.2) is 28.8 Å². The second-order valence-corrected chi connectivity index (χ2v) is 9.37. The van der Waals surface area contributed by atoms with Gasteiger partial charge in [0, 0.05) is 27.7 Å². The van der Waals surface area contributed by atoms with Gasteiger partial charge in [-0.15, -0.1) is 13.2 Å². The van der Waals surface area contributed by atoms with Crippen molar-refractivity contribution in [3.63, 3.8) is 0 Å². The Labute approximate surface area is 204 Å². The number of nitrogens with zero attached hydrogens (tertiary/aromatic N) is 2. The number of halogens is 5. The molecule has 34 heavy (non-hydrogen) atoms. The van der Waals surface area contributed by atoms with Crippen LogP contribution in [0.5, 0.6) is 0 Å². The van der Waals surface area contributed by atoms with Gasteiger partial charge in [-0.2, -0.15) is 0 Å². The zero-order valence-electron chi connectivity index (χ0n) is 18.2. The van der Waals surface area contributed by atoms with Crippen LogP contribution in [0.1, 0.15) is 26.7 Å². The molecular weight excluding hydrogens is 492 g/mol. The summed E-state index contributed by atoms with van der Waals surface area (Å²) in [5.41, 5.74) is -2.66. The molecule has 180 valence electrons. The van der Waals surface area contributed by atoms with Crippen LogP contribution in [0, 0.1) is 0 Å². The molecule has 2 aliphatic rings. The fraction of sp³-hybridized carbons (Fsp3) is 0.292. The molecule has 1 aliphatic heterocycles. The van der Waals surface area contributed by atoms with E-state index in [1.54, 1.807) is 62.4 Å². The zero-order valence-corrected chi connectivity index (χ0v) is 19.7. The average molecular weight is 513 g/mol. The number of hydrogen-bond donors (Lipinski definition) is 1. The number of ether oxygens (including phenoxy) is 1. The molecule has 1 aliphatic carbocycles.